The Kier molecular flexibility index (Phi) is 5.09. The fraction of sp³-hybridized carbons (Fsp3) is 0.438. The third-order valence-corrected chi connectivity index (χ3v) is 3.66. The van der Waals surface area contributed by atoms with Gasteiger partial charge in [0.15, 0.2) is 0 Å². The van der Waals surface area contributed by atoms with Gasteiger partial charge in [-0.25, -0.2) is 9.18 Å². The Morgan fingerprint density at radius 1 is 1.57 bits per heavy atom. The standard InChI is InChI=1S/C16H20FNO3/c1-10(3-4-13-9-18-5-6-21-13)15-11(2)7-12(16(19)20)8-14(15)17/h7-8,13,18H,1,3-6,9H2,2H3,(H,19,20)/t13-/m0/s1. The molecule has 1 aromatic rings. The largest absolute Gasteiger partial charge is 0.478 e. The van der Waals surface area contributed by atoms with Crippen LogP contribution in [-0.2, 0) is 4.74 Å². The fourth-order valence-electron chi connectivity index (χ4n) is 2.58. The molecule has 21 heavy (non-hydrogen) atoms. The zero-order valence-corrected chi connectivity index (χ0v) is 12.1. The number of morpholine rings is 1. The Bertz CT molecular complexity index is 527. The number of allylic oxidation sites excluding steroid dienone is 1. The van der Waals surface area contributed by atoms with Gasteiger partial charge in [0.05, 0.1) is 18.3 Å². The molecule has 0 bridgehead atoms. The van der Waals surface area contributed by atoms with Gasteiger partial charge in [-0.3, -0.25) is 0 Å². The van der Waals surface area contributed by atoms with Gasteiger partial charge in [-0.05, 0) is 43.0 Å². The molecule has 1 heterocycles. The molecular weight excluding hydrogens is 273 g/mol. The summed E-state index contributed by atoms with van der Waals surface area (Å²) >= 11 is 0. The first-order valence-electron chi connectivity index (χ1n) is 7.03. The Balaban J connectivity index is 2.06. The zero-order valence-electron chi connectivity index (χ0n) is 12.1. The monoisotopic (exact) mass is 293 g/mol. The van der Waals surface area contributed by atoms with Crippen molar-refractivity contribution in [2.24, 2.45) is 0 Å². The molecule has 1 fully saturated rings. The number of nitrogens with one attached hydrogen (secondary N) is 1. The van der Waals surface area contributed by atoms with E-state index in [9.17, 15) is 9.18 Å². The van der Waals surface area contributed by atoms with Crippen molar-refractivity contribution in [3.8, 4) is 0 Å². The summed E-state index contributed by atoms with van der Waals surface area (Å²) in [6, 6.07) is 2.53. The summed E-state index contributed by atoms with van der Waals surface area (Å²) in [6.45, 7) is 8.00. The highest BCUT2D eigenvalue weighted by Crippen LogP contribution is 2.27. The van der Waals surface area contributed by atoms with Gasteiger partial charge in [0.2, 0.25) is 0 Å². The molecular formula is C16H20FNO3. The summed E-state index contributed by atoms with van der Waals surface area (Å²) in [5.74, 6) is -1.66. The number of benzene rings is 1. The molecule has 2 N–H and O–H groups in total. The van der Waals surface area contributed by atoms with E-state index in [0.717, 1.165) is 25.6 Å². The Morgan fingerprint density at radius 3 is 2.90 bits per heavy atom. The third kappa shape index (κ3) is 3.89. The van der Waals surface area contributed by atoms with Crippen LogP contribution in [0.2, 0.25) is 0 Å². The molecule has 0 spiro atoms. The van der Waals surface area contributed by atoms with Crippen LogP contribution < -0.4 is 5.32 Å². The molecule has 0 radical (unpaired) electrons. The van der Waals surface area contributed by atoms with E-state index in [1.807, 2.05) is 0 Å². The Morgan fingerprint density at radius 2 is 2.33 bits per heavy atom. The first kappa shape index (κ1) is 15.7. The molecule has 0 saturated carbocycles. The van der Waals surface area contributed by atoms with Crippen LogP contribution in [0.25, 0.3) is 5.57 Å². The van der Waals surface area contributed by atoms with E-state index in [2.05, 4.69) is 11.9 Å². The number of aryl methyl sites for hydroxylation is 1. The van der Waals surface area contributed by atoms with Gasteiger partial charge in [-0.1, -0.05) is 6.58 Å². The first-order chi connectivity index (χ1) is 9.99. The van der Waals surface area contributed by atoms with Crippen LogP contribution in [-0.4, -0.2) is 36.9 Å². The normalized spacial score (nSPS) is 18.5. The first-order valence-corrected chi connectivity index (χ1v) is 7.03. The van der Waals surface area contributed by atoms with Crippen molar-refractivity contribution in [1.82, 2.24) is 5.32 Å². The fourth-order valence-corrected chi connectivity index (χ4v) is 2.58. The molecule has 2 rings (SSSR count). The highest BCUT2D eigenvalue weighted by atomic mass is 19.1. The average molecular weight is 293 g/mol. The smallest absolute Gasteiger partial charge is 0.335 e. The molecule has 5 heteroatoms. The van der Waals surface area contributed by atoms with Gasteiger partial charge in [-0.15, -0.1) is 0 Å². The molecule has 0 unspecified atom stereocenters. The van der Waals surface area contributed by atoms with Crippen molar-refractivity contribution in [2.75, 3.05) is 19.7 Å². The van der Waals surface area contributed by atoms with Crippen molar-refractivity contribution in [3.05, 3.63) is 41.2 Å². The number of rotatable bonds is 5. The summed E-state index contributed by atoms with van der Waals surface area (Å²) in [4.78, 5) is 10.9. The SMILES string of the molecule is C=C(CC[C@H]1CNCCO1)c1c(C)cc(C(=O)O)cc1F. The summed E-state index contributed by atoms with van der Waals surface area (Å²) in [5.41, 5.74) is 1.65. The molecule has 0 amide bonds. The maximum absolute atomic E-state index is 14.1. The molecule has 1 saturated heterocycles. The topological polar surface area (TPSA) is 58.6 Å². The molecule has 1 aliphatic rings. The van der Waals surface area contributed by atoms with E-state index in [4.69, 9.17) is 9.84 Å². The van der Waals surface area contributed by atoms with Crippen LogP contribution in [0, 0.1) is 12.7 Å². The lowest BCUT2D eigenvalue weighted by atomic mass is 9.94. The number of hydrogen-bond acceptors (Lipinski definition) is 3. The Labute approximate surface area is 123 Å². The predicted molar refractivity (Wildman–Crippen MR) is 79.0 cm³/mol. The van der Waals surface area contributed by atoms with Crippen molar-refractivity contribution in [3.63, 3.8) is 0 Å². The van der Waals surface area contributed by atoms with Crippen molar-refractivity contribution < 1.29 is 19.0 Å². The van der Waals surface area contributed by atoms with Crippen LogP contribution >= 0.6 is 0 Å². The maximum Gasteiger partial charge on any atom is 0.335 e. The molecule has 4 nitrogen and oxygen atoms in total. The maximum atomic E-state index is 14.1. The van der Waals surface area contributed by atoms with Gasteiger partial charge in [0, 0.05) is 18.7 Å². The number of carbonyl (C=O) groups is 1. The summed E-state index contributed by atoms with van der Waals surface area (Å²) in [6.07, 6.45) is 1.51. The highest BCUT2D eigenvalue weighted by Gasteiger charge is 2.17. The summed E-state index contributed by atoms with van der Waals surface area (Å²) < 4.78 is 19.7. The van der Waals surface area contributed by atoms with E-state index >= 15 is 0 Å². The number of hydrogen-bond donors (Lipinski definition) is 2. The van der Waals surface area contributed by atoms with Crippen molar-refractivity contribution in [1.29, 1.82) is 0 Å². The second kappa shape index (κ2) is 6.83. The number of carboxylic acid groups (broad SMARTS) is 1. The van der Waals surface area contributed by atoms with E-state index < -0.39 is 11.8 Å². The molecule has 0 aromatic heterocycles. The molecule has 1 aromatic carbocycles. The molecule has 0 aliphatic carbocycles. The van der Waals surface area contributed by atoms with Crippen molar-refractivity contribution >= 4 is 11.5 Å². The van der Waals surface area contributed by atoms with E-state index in [-0.39, 0.29) is 11.7 Å². The van der Waals surface area contributed by atoms with Crippen LogP contribution in [0.1, 0.15) is 34.3 Å². The lowest BCUT2D eigenvalue weighted by Crippen LogP contribution is -2.38. The minimum atomic E-state index is -1.13. The zero-order chi connectivity index (χ0) is 15.4. The number of halogens is 1. The number of ether oxygens (including phenoxy) is 1. The van der Waals surface area contributed by atoms with Crippen LogP contribution in [0.4, 0.5) is 4.39 Å². The van der Waals surface area contributed by atoms with Crippen LogP contribution in [0.15, 0.2) is 18.7 Å². The van der Waals surface area contributed by atoms with Gasteiger partial charge in [0.25, 0.3) is 0 Å². The lowest BCUT2D eigenvalue weighted by Gasteiger charge is -2.24. The minimum Gasteiger partial charge on any atom is -0.478 e. The van der Waals surface area contributed by atoms with Gasteiger partial charge in [-0.2, -0.15) is 0 Å². The molecule has 1 aliphatic heterocycles. The number of carboxylic acids is 1. The van der Waals surface area contributed by atoms with E-state index in [1.165, 1.54) is 6.07 Å². The predicted octanol–water partition coefficient (Wildman–Crippen LogP) is 2.61. The third-order valence-electron chi connectivity index (χ3n) is 3.66. The number of aromatic carboxylic acids is 1. The minimum absolute atomic E-state index is 0.0404. The van der Waals surface area contributed by atoms with Gasteiger partial charge in [0.1, 0.15) is 5.82 Å². The lowest BCUT2D eigenvalue weighted by molar-refractivity contribution is 0.0246. The second-order valence-electron chi connectivity index (χ2n) is 5.29. The van der Waals surface area contributed by atoms with E-state index in [0.29, 0.717) is 29.7 Å². The molecule has 1 atom stereocenters. The summed E-state index contributed by atoms with van der Waals surface area (Å²) in [7, 11) is 0. The second-order valence-corrected chi connectivity index (χ2v) is 5.29. The van der Waals surface area contributed by atoms with Gasteiger partial charge >= 0.3 is 5.97 Å². The van der Waals surface area contributed by atoms with Crippen LogP contribution in [0.5, 0.6) is 0 Å². The van der Waals surface area contributed by atoms with Crippen LogP contribution in [0.3, 0.4) is 0 Å². The Hall–Kier alpha value is -1.72. The average Bonchev–Trinajstić information content (AvgIpc) is 2.45. The quantitative estimate of drug-likeness (QED) is 0.876. The van der Waals surface area contributed by atoms with Crippen molar-refractivity contribution in [2.45, 2.75) is 25.9 Å². The highest BCUT2D eigenvalue weighted by molar-refractivity contribution is 5.88. The molecule has 114 valence electrons. The van der Waals surface area contributed by atoms with E-state index in [1.54, 1.807) is 6.92 Å². The van der Waals surface area contributed by atoms with Gasteiger partial charge < -0.3 is 15.2 Å². The summed E-state index contributed by atoms with van der Waals surface area (Å²) in [5, 5.41) is 12.2.